The molecule has 0 saturated carbocycles. The maximum absolute atomic E-state index is 11.1. The van der Waals surface area contributed by atoms with Gasteiger partial charge in [-0.3, -0.25) is 4.79 Å². The number of aromatic nitrogens is 1. The number of ether oxygens (including phenoxy) is 1. The van der Waals surface area contributed by atoms with Gasteiger partial charge in [0.25, 0.3) is 0 Å². The lowest BCUT2D eigenvalue weighted by molar-refractivity contribution is 0.411. The van der Waals surface area contributed by atoms with E-state index in [1.54, 1.807) is 7.11 Å². The SMILES string of the molecule is COc1cc(C)c(-c2csc(=O)[nH]2)cc1C. The molecule has 0 fully saturated rings. The number of H-pyrrole nitrogens is 1. The fourth-order valence-electron chi connectivity index (χ4n) is 1.71. The maximum Gasteiger partial charge on any atom is 0.304 e. The summed E-state index contributed by atoms with van der Waals surface area (Å²) in [5.41, 5.74) is 4.08. The highest BCUT2D eigenvalue weighted by Crippen LogP contribution is 2.28. The largest absolute Gasteiger partial charge is 0.496 e. The first-order valence-electron chi connectivity index (χ1n) is 4.95. The molecular weight excluding hydrogens is 222 g/mol. The molecule has 0 amide bonds. The van der Waals surface area contributed by atoms with E-state index >= 15 is 0 Å². The number of aryl methyl sites for hydroxylation is 2. The van der Waals surface area contributed by atoms with E-state index in [4.69, 9.17) is 4.74 Å². The summed E-state index contributed by atoms with van der Waals surface area (Å²) in [6.45, 7) is 4.00. The lowest BCUT2D eigenvalue weighted by atomic mass is 10.0. The summed E-state index contributed by atoms with van der Waals surface area (Å²) in [7, 11) is 1.66. The smallest absolute Gasteiger partial charge is 0.304 e. The van der Waals surface area contributed by atoms with Gasteiger partial charge in [0.05, 0.1) is 12.8 Å². The summed E-state index contributed by atoms with van der Waals surface area (Å²) < 4.78 is 5.25. The summed E-state index contributed by atoms with van der Waals surface area (Å²) in [5.74, 6) is 0.874. The van der Waals surface area contributed by atoms with Gasteiger partial charge >= 0.3 is 4.87 Å². The Labute approximate surface area is 97.7 Å². The second-order valence-corrected chi connectivity index (χ2v) is 4.54. The van der Waals surface area contributed by atoms with Crippen molar-refractivity contribution >= 4 is 11.3 Å². The van der Waals surface area contributed by atoms with Crippen LogP contribution in [0.3, 0.4) is 0 Å². The van der Waals surface area contributed by atoms with Gasteiger partial charge in [-0.1, -0.05) is 11.3 Å². The molecule has 1 heterocycles. The molecule has 16 heavy (non-hydrogen) atoms. The number of hydrogen-bond donors (Lipinski definition) is 1. The normalized spacial score (nSPS) is 10.4. The molecule has 4 heteroatoms. The van der Waals surface area contributed by atoms with Crippen LogP contribution in [-0.2, 0) is 0 Å². The van der Waals surface area contributed by atoms with Crippen LogP contribution in [0, 0.1) is 13.8 Å². The van der Waals surface area contributed by atoms with E-state index in [0.29, 0.717) is 0 Å². The van der Waals surface area contributed by atoms with Crippen LogP contribution in [0.4, 0.5) is 0 Å². The van der Waals surface area contributed by atoms with Gasteiger partial charge in [-0.2, -0.15) is 0 Å². The standard InChI is InChI=1S/C12H13NO2S/c1-7-5-11(15-3)8(2)4-9(7)10-6-16-12(14)13-10/h4-6H,1-3H3,(H,13,14). The molecule has 3 nitrogen and oxygen atoms in total. The lowest BCUT2D eigenvalue weighted by Gasteiger charge is -2.09. The third-order valence-electron chi connectivity index (χ3n) is 2.55. The zero-order chi connectivity index (χ0) is 11.7. The van der Waals surface area contributed by atoms with Crippen molar-refractivity contribution in [2.75, 3.05) is 7.11 Å². The van der Waals surface area contributed by atoms with E-state index < -0.39 is 0 Å². The van der Waals surface area contributed by atoms with Gasteiger partial charge in [-0.05, 0) is 37.1 Å². The molecule has 0 saturated heterocycles. The molecule has 1 N–H and O–H groups in total. The highest BCUT2D eigenvalue weighted by molar-refractivity contribution is 7.07. The zero-order valence-electron chi connectivity index (χ0n) is 9.46. The molecule has 0 aliphatic carbocycles. The van der Waals surface area contributed by atoms with Crippen LogP contribution >= 0.6 is 11.3 Å². The Hall–Kier alpha value is -1.55. The van der Waals surface area contributed by atoms with Gasteiger partial charge in [0, 0.05) is 10.9 Å². The fourth-order valence-corrected chi connectivity index (χ4v) is 2.29. The van der Waals surface area contributed by atoms with Crippen LogP contribution in [0.25, 0.3) is 11.3 Å². The quantitative estimate of drug-likeness (QED) is 0.869. The second kappa shape index (κ2) is 4.14. The molecular formula is C12H13NO2S. The number of nitrogens with one attached hydrogen (secondary N) is 1. The van der Waals surface area contributed by atoms with E-state index in [1.807, 2.05) is 31.4 Å². The lowest BCUT2D eigenvalue weighted by Crippen LogP contribution is -1.95. The first-order chi connectivity index (χ1) is 7.61. The summed E-state index contributed by atoms with van der Waals surface area (Å²) in [5, 5.41) is 1.84. The highest BCUT2D eigenvalue weighted by atomic mass is 32.1. The van der Waals surface area contributed by atoms with E-state index in [2.05, 4.69) is 4.98 Å². The van der Waals surface area contributed by atoms with Crippen LogP contribution in [0.5, 0.6) is 5.75 Å². The number of hydrogen-bond acceptors (Lipinski definition) is 3. The van der Waals surface area contributed by atoms with Crippen LogP contribution < -0.4 is 9.61 Å². The molecule has 0 aliphatic heterocycles. The second-order valence-electron chi connectivity index (χ2n) is 3.70. The van der Waals surface area contributed by atoms with Crippen molar-refractivity contribution in [2.24, 2.45) is 0 Å². The van der Waals surface area contributed by atoms with E-state index in [1.165, 1.54) is 11.3 Å². The van der Waals surface area contributed by atoms with E-state index in [-0.39, 0.29) is 4.87 Å². The van der Waals surface area contributed by atoms with Crippen molar-refractivity contribution < 1.29 is 4.74 Å². The molecule has 0 spiro atoms. The summed E-state index contributed by atoms with van der Waals surface area (Å²) >= 11 is 1.18. The predicted octanol–water partition coefficient (Wildman–Crippen LogP) is 2.73. The van der Waals surface area contributed by atoms with E-state index in [9.17, 15) is 4.79 Å². The van der Waals surface area contributed by atoms with Crippen molar-refractivity contribution in [3.63, 3.8) is 0 Å². The fraction of sp³-hybridized carbons (Fsp3) is 0.250. The van der Waals surface area contributed by atoms with Gasteiger partial charge in [-0.25, -0.2) is 0 Å². The maximum atomic E-state index is 11.1. The van der Waals surface area contributed by atoms with Gasteiger partial charge < -0.3 is 9.72 Å². The molecule has 2 rings (SSSR count). The monoisotopic (exact) mass is 235 g/mol. The molecule has 0 radical (unpaired) electrons. The first kappa shape index (κ1) is 11.0. The number of thiazole rings is 1. The Morgan fingerprint density at radius 2 is 2.00 bits per heavy atom. The third kappa shape index (κ3) is 1.88. The molecule has 0 atom stereocenters. The summed E-state index contributed by atoms with van der Waals surface area (Å²) in [6.07, 6.45) is 0. The third-order valence-corrected chi connectivity index (χ3v) is 3.22. The van der Waals surface area contributed by atoms with E-state index in [0.717, 1.165) is 28.1 Å². The average molecular weight is 235 g/mol. The van der Waals surface area contributed by atoms with Crippen LogP contribution in [0.2, 0.25) is 0 Å². The van der Waals surface area contributed by atoms with Gasteiger partial charge in [0.1, 0.15) is 5.75 Å². The van der Waals surface area contributed by atoms with Crippen LogP contribution in [0.15, 0.2) is 22.3 Å². The van der Waals surface area contributed by atoms with Crippen molar-refractivity contribution in [3.05, 3.63) is 38.3 Å². The predicted molar refractivity (Wildman–Crippen MR) is 66.4 cm³/mol. The number of benzene rings is 1. The molecule has 0 aliphatic rings. The first-order valence-corrected chi connectivity index (χ1v) is 5.83. The number of aromatic amines is 1. The molecule has 1 aromatic carbocycles. The Morgan fingerprint density at radius 3 is 2.56 bits per heavy atom. The zero-order valence-corrected chi connectivity index (χ0v) is 10.3. The van der Waals surface area contributed by atoms with Crippen LogP contribution in [-0.4, -0.2) is 12.1 Å². The minimum atomic E-state index is -0.0251. The Morgan fingerprint density at radius 1 is 1.25 bits per heavy atom. The topological polar surface area (TPSA) is 42.1 Å². The molecule has 84 valence electrons. The van der Waals surface area contributed by atoms with Crippen molar-refractivity contribution in [1.29, 1.82) is 0 Å². The molecule has 0 bridgehead atoms. The van der Waals surface area contributed by atoms with Crippen molar-refractivity contribution in [2.45, 2.75) is 13.8 Å². The Bertz CT molecular complexity index is 569. The summed E-state index contributed by atoms with van der Waals surface area (Å²) in [6, 6.07) is 4.02. The molecule has 1 aromatic heterocycles. The average Bonchev–Trinajstić information content (AvgIpc) is 2.67. The Kier molecular flexibility index (Phi) is 2.83. The summed E-state index contributed by atoms with van der Waals surface area (Å²) in [4.78, 5) is 13.9. The molecule has 0 unspecified atom stereocenters. The van der Waals surface area contributed by atoms with Gasteiger partial charge in [0.15, 0.2) is 0 Å². The Balaban J connectivity index is 2.58. The molecule has 2 aromatic rings. The number of rotatable bonds is 2. The minimum absolute atomic E-state index is 0.0251. The minimum Gasteiger partial charge on any atom is -0.496 e. The van der Waals surface area contributed by atoms with Gasteiger partial charge in [0.2, 0.25) is 0 Å². The number of methoxy groups -OCH3 is 1. The van der Waals surface area contributed by atoms with Crippen molar-refractivity contribution in [1.82, 2.24) is 4.98 Å². The van der Waals surface area contributed by atoms with Crippen LogP contribution in [0.1, 0.15) is 11.1 Å². The van der Waals surface area contributed by atoms with Crippen molar-refractivity contribution in [3.8, 4) is 17.0 Å². The van der Waals surface area contributed by atoms with Gasteiger partial charge in [-0.15, -0.1) is 0 Å². The highest BCUT2D eigenvalue weighted by Gasteiger charge is 2.08.